The first-order valence-corrected chi connectivity index (χ1v) is 8.87. The summed E-state index contributed by atoms with van der Waals surface area (Å²) in [6.45, 7) is 12.3. The molecule has 0 heterocycles. The molecule has 0 aliphatic heterocycles. The zero-order valence-electron chi connectivity index (χ0n) is 16.8. The summed E-state index contributed by atoms with van der Waals surface area (Å²) < 4.78 is 36.9. The van der Waals surface area contributed by atoms with Gasteiger partial charge in [-0.25, -0.2) is 8.78 Å². The zero-order chi connectivity index (χ0) is 19.9. The molecule has 0 unspecified atom stereocenters. The van der Waals surface area contributed by atoms with Crippen molar-refractivity contribution in [2.24, 2.45) is 0 Å². The molecule has 0 atom stereocenters. The van der Waals surface area contributed by atoms with E-state index in [2.05, 4.69) is 0 Å². The van der Waals surface area contributed by atoms with Crippen LogP contribution in [0.4, 0.5) is 8.78 Å². The molecule has 0 N–H and O–H groups in total. The minimum atomic E-state index is -0.270. The average molecular weight is 364 g/mol. The lowest BCUT2D eigenvalue weighted by atomic mass is 9.86. The highest BCUT2D eigenvalue weighted by molar-refractivity contribution is 5.35. The normalized spacial score (nSPS) is 11.0. The Labute approximate surface area is 156 Å². The summed E-state index contributed by atoms with van der Waals surface area (Å²) in [5, 5.41) is 0. The zero-order valence-corrected chi connectivity index (χ0v) is 16.8. The first-order chi connectivity index (χ1) is 12.1. The Morgan fingerprint density at radius 3 is 2.12 bits per heavy atom. The number of methoxy groups -OCH3 is 1. The van der Waals surface area contributed by atoms with Crippen molar-refractivity contribution in [3.8, 4) is 11.5 Å². The average Bonchev–Trinajstić information content (AvgIpc) is 2.56. The Balaban J connectivity index is 0.000000260. The molecule has 2 nitrogen and oxygen atoms in total. The van der Waals surface area contributed by atoms with Crippen molar-refractivity contribution in [2.75, 3.05) is 13.7 Å². The van der Waals surface area contributed by atoms with Crippen LogP contribution in [0, 0.1) is 11.6 Å². The molecule has 26 heavy (non-hydrogen) atoms. The molecule has 0 saturated carbocycles. The van der Waals surface area contributed by atoms with Crippen LogP contribution in [0.25, 0.3) is 0 Å². The molecule has 0 bridgehead atoms. The molecular weight excluding hydrogens is 334 g/mol. The number of halogens is 2. The van der Waals surface area contributed by atoms with Gasteiger partial charge >= 0.3 is 0 Å². The second-order valence-electron chi connectivity index (χ2n) is 7.35. The topological polar surface area (TPSA) is 18.5 Å². The van der Waals surface area contributed by atoms with E-state index in [1.807, 2.05) is 53.7 Å². The van der Waals surface area contributed by atoms with Crippen LogP contribution < -0.4 is 9.47 Å². The molecule has 0 aliphatic rings. The van der Waals surface area contributed by atoms with Gasteiger partial charge in [0, 0.05) is 0 Å². The van der Waals surface area contributed by atoms with Gasteiger partial charge in [-0.2, -0.15) is 0 Å². The summed E-state index contributed by atoms with van der Waals surface area (Å²) in [5.74, 6) is 0.482. The second-order valence-corrected chi connectivity index (χ2v) is 7.35. The van der Waals surface area contributed by atoms with E-state index in [9.17, 15) is 8.78 Å². The van der Waals surface area contributed by atoms with Crippen LogP contribution >= 0.6 is 0 Å². The van der Waals surface area contributed by atoms with Crippen molar-refractivity contribution in [3.05, 3.63) is 59.2 Å². The highest BCUT2D eigenvalue weighted by Gasteiger charge is 2.20. The summed E-state index contributed by atoms with van der Waals surface area (Å²) in [4.78, 5) is 0. The third-order valence-corrected chi connectivity index (χ3v) is 3.91. The predicted molar refractivity (Wildman–Crippen MR) is 103 cm³/mol. The quantitative estimate of drug-likeness (QED) is 0.618. The number of benzene rings is 2. The first-order valence-electron chi connectivity index (χ1n) is 8.87. The van der Waals surface area contributed by atoms with E-state index in [1.165, 1.54) is 13.2 Å². The largest absolute Gasteiger partial charge is 0.494 e. The molecule has 0 aromatic heterocycles. The van der Waals surface area contributed by atoms with E-state index >= 15 is 0 Å². The maximum Gasteiger partial charge on any atom is 0.168 e. The highest BCUT2D eigenvalue weighted by Crippen LogP contribution is 2.29. The van der Waals surface area contributed by atoms with Crippen molar-refractivity contribution in [1.29, 1.82) is 0 Å². The lowest BCUT2D eigenvalue weighted by Gasteiger charge is -2.20. The highest BCUT2D eigenvalue weighted by atomic mass is 19.1. The Morgan fingerprint density at radius 1 is 1.00 bits per heavy atom. The number of rotatable bonds is 4. The molecule has 0 fully saturated rings. The van der Waals surface area contributed by atoms with Crippen molar-refractivity contribution in [3.63, 3.8) is 0 Å². The molecule has 0 spiro atoms. The van der Waals surface area contributed by atoms with Crippen molar-refractivity contribution in [1.82, 2.24) is 0 Å². The van der Waals surface area contributed by atoms with E-state index in [0.29, 0.717) is 29.6 Å². The fraction of sp³-hybridized carbons (Fsp3) is 0.455. The van der Waals surface area contributed by atoms with Gasteiger partial charge in [0.05, 0.1) is 13.7 Å². The Bertz CT molecular complexity index is 704. The summed E-state index contributed by atoms with van der Waals surface area (Å²) in [5.41, 5.74) is 1.51. The van der Waals surface area contributed by atoms with Crippen LogP contribution in [0.5, 0.6) is 11.5 Å². The lowest BCUT2D eigenvalue weighted by molar-refractivity contribution is 0.321. The van der Waals surface area contributed by atoms with E-state index in [1.54, 1.807) is 18.2 Å². The fourth-order valence-electron chi connectivity index (χ4n) is 2.40. The van der Waals surface area contributed by atoms with Crippen molar-refractivity contribution < 1.29 is 18.3 Å². The Kier molecular flexibility index (Phi) is 8.07. The second kappa shape index (κ2) is 9.56. The maximum atomic E-state index is 13.6. The van der Waals surface area contributed by atoms with Crippen LogP contribution in [0.3, 0.4) is 0 Å². The van der Waals surface area contributed by atoms with E-state index < -0.39 is 0 Å². The maximum absolute atomic E-state index is 13.6. The van der Waals surface area contributed by atoms with Gasteiger partial charge in [0.15, 0.2) is 23.1 Å². The molecular formula is C22H30F2O2. The molecule has 0 radical (unpaired) electrons. The van der Waals surface area contributed by atoms with Gasteiger partial charge < -0.3 is 9.47 Å². The minimum Gasteiger partial charge on any atom is -0.494 e. The van der Waals surface area contributed by atoms with Crippen LogP contribution in [0.15, 0.2) is 36.4 Å². The monoisotopic (exact) mass is 364 g/mol. The minimum absolute atomic E-state index is 0.182. The van der Waals surface area contributed by atoms with Crippen molar-refractivity contribution >= 4 is 0 Å². The molecule has 144 valence electrons. The van der Waals surface area contributed by atoms with Gasteiger partial charge in [-0.3, -0.25) is 0 Å². The molecule has 4 heteroatoms. The van der Waals surface area contributed by atoms with Gasteiger partial charge in [0.2, 0.25) is 0 Å². The Morgan fingerprint density at radius 2 is 1.65 bits per heavy atom. The van der Waals surface area contributed by atoms with Crippen LogP contribution in [-0.4, -0.2) is 13.7 Å². The molecule has 0 amide bonds. The molecule has 0 aliphatic carbocycles. The number of ether oxygens (including phenoxy) is 2. The van der Waals surface area contributed by atoms with Crippen molar-refractivity contribution in [2.45, 2.75) is 52.9 Å². The third kappa shape index (κ3) is 6.01. The molecule has 0 saturated heterocycles. The summed E-state index contributed by atoms with van der Waals surface area (Å²) in [6.07, 6.45) is 0. The van der Waals surface area contributed by atoms with E-state index in [4.69, 9.17) is 9.47 Å². The third-order valence-electron chi connectivity index (χ3n) is 3.91. The number of hydrogen-bond donors (Lipinski definition) is 0. The fourth-order valence-corrected chi connectivity index (χ4v) is 2.40. The number of hydrogen-bond acceptors (Lipinski definition) is 2. The molecule has 2 rings (SSSR count). The summed E-state index contributed by atoms with van der Waals surface area (Å²) >= 11 is 0. The molecule has 2 aromatic carbocycles. The summed E-state index contributed by atoms with van der Waals surface area (Å²) in [6, 6.07) is 10.4. The van der Waals surface area contributed by atoms with Gasteiger partial charge in [-0.15, -0.1) is 0 Å². The lowest BCUT2D eigenvalue weighted by Crippen LogP contribution is -2.13. The standard InChI is InChI=1S/2C11H15FO/c1-11(2,3)8-6-5-7-9(13-4)10(8)12;1-4-13-11-6-5-9(8(2)3)7-10(11)12/h5-7H,1-4H3;5-8H,4H2,1-3H3. The smallest absolute Gasteiger partial charge is 0.168 e. The summed E-state index contributed by atoms with van der Waals surface area (Å²) in [7, 11) is 1.48. The van der Waals surface area contributed by atoms with Crippen LogP contribution in [0.1, 0.15) is 58.6 Å². The van der Waals surface area contributed by atoms with E-state index in [-0.39, 0.29) is 17.0 Å². The molecule has 2 aromatic rings. The van der Waals surface area contributed by atoms with Crippen LogP contribution in [0.2, 0.25) is 0 Å². The van der Waals surface area contributed by atoms with Crippen LogP contribution in [-0.2, 0) is 5.41 Å². The van der Waals surface area contributed by atoms with Gasteiger partial charge in [-0.1, -0.05) is 52.8 Å². The first kappa shape index (κ1) is 21.9. The van der Waals surface area contributed by atoms with E-state index in [0.717, 1.165) is 5.56 Å². The predicted octanol–water partition coefficient (Wildman–Crippen LogP) is 6.48. The van der Waals surface area contributed by atoms with Gasteiger partial charge in [0.1, 0.15) is 0 Å². The SMILES string of the molecule is CCOc1ccc(C(C)C)cc1F.COc1cccc(C(C)(C)C)c1F. The Hall–Kier alpha value is -2.10. The van der Waals surface area contributed by atoms with Gasteiger partial charge in [0.25, 0.3) is 0 Å². The van der Waals surface area contributed by atoms with Gasteiger partial charge in [-0.05, 0) is 47.6 Å².